The molecular formula is C19H16F2N2O3. The maximum atomic E-state index is 13.7. The molecule has 1 aliphatic heterocycles. The zero-order valence-corrected chi connectivity index (χ0v) is 13.8. The number of hydrogen-bond acceptors (Lipinski definition) is 3. The molecule has 0 fully saturated rings. The molecule has 1 heterocycles. The summed E-state index contributed by atoms with van der Waals surface area (Å²) in [5.41, 5.74) is 1.47. The van der Waals surface area contributed by atoms with Crippen LogP contribution in [0.2, 0.25) is 0 Å². The summed E-state index contributed by atoms with van der Waals surface area (Å²) in [5.74, 6) is -3.68. The molecule has 0 spiro atoms. The maximum Gasteiger partial charge on any atom is 0.255 e. The van der Waals surface area contributed by atoms with Gasteiger partial charge in [-0.15, -0.1) is 0 Å². The van der Waals surface area contributed by atoms with Crippen molar-refractivity contribution in [3.63, 3.8) is 0 Å². The van der Waals surface area contributed by atoms with Gasteiger partial charge in [-0.25, -0.2) is 8.78 Å². The van der Waals surface area contributed by atoms with E-state index >= 15 is 0 Å². The largest absolute Gasteiger partial charge is 0.505 e. The molecule has 2 amide bonds. The van der Waals surface area contributed by atoms with Crippen LogP contribution in [-0.2, 0) is 11.2 Å². The minimum atomic E-state index is -1.11. The van der Waals surface area contributed by atoms with Crippen molar-refractivity contribution in [2.75, 3.05) is 16.8 Å². The molecule has 1 aliphatic rings. The molecule has 0 bridgehead atoms. The van der Waals surface area contributed by atoms with Crippen LogP contribution in [0.15, 0.2) is 43.0 Å². The normalized spacial score (nSPS) is 13.1. The number of aromatic hydroxyl groups is 1. The van der Waals surface area contributed by atoms with Crippen LogP contribution >= 0.6 is 0 Å². The Bertz CT molecular complexity index is 912. The first kappa shape index (κ1) is 17.6. The lowest BCUT2D eigenvalue weighted by Gasteiger charge is -2.28. The zero-order chi connectivity index (χ0) is 18.8. The van der Waals surface area contributed by atoms with Crippen molar-refractivity contribution in [2.24, 2.45) is 0 Å². The van der Waals surface area contributed by atoms with Crippen LogP contribution in [0.5, 0.6) is 5.75 Å². The molecule has 0 saturated carbocycles. The van der Waals surface area contributed by atoms with Crippen molar-refractivity contribution in [3.8, 4) is 5.75 Å². The molecule has 26 heavy (non-hydrogen) atoms. The number of rotatable bonds is 3. The van der Waals surface area contributed by atoms with Crippen molar-refractivity contribution in [1.82, 2.24) is 0 Å². The van der Waals surface area contributed by atoms with Gasteiger partial charge >= 0.3 is 0 Å². The van der Waals surface area contributed by atoms with Gasteiger partial charge in [-0.2, -0.15) is 0 Å². The van der Waals surface area contributed by atoms with Gasteiger partial charge in [0.1, 0.15) is 5.82 Å². The number of carbonyl (C=O) groups excluding carboxylic acids is 2. The number of hydrogen-bond donors (Lipinski definition) is 2. The van der Waals surface area contributed by atoms with E-state index in [-0.39, 0.29) is 17.2 Å². The van der Waals surface area contributed by atoms with Gasteiger partial charge in [0.2, 0.25) is 5.91 Å². The van der Waals surface area contributed by atoms with E-state index in [1.165, 1.54) is 12.1 Å². The first-order valence-corrected chi connectivity index (χ1v) is 7.97. The van der Waals surface area contributed by atoms with Gasteiger partial charge in [-0.1, -0.05) is 6.58 Å². The third-order valence-electron chi connectivity index (χ3n) is 4.19. The molecule has 134 valence electrons. The Kier molecular flexibility index (Phi) is 4.71. The molecule has 0 unspecified atom stereocenters. The second-order valence-electron chi connectivity index (χ2n) is 5.88. The Labute approximate surface area is 148 Å². The van der Waals surface area contributed by atoms with Gasteiger partial charge < -0.3 is 15.3 Å². The van der Waals surface area contributed by atoms with E-state index in [9.17, 15) is 23.5 Å². The standard InChI is InChI=1S/C19H16F2N2O3/c1-2-18(25)23-7-3-4-11-8-12(5-6-16(11)23)19(26)22-15-10-17(24)14(21)9-13(15)20/h2,5-6,8-10,24H,1,3-4,7H2,(H,22,26). The summed E-state index contributed by atoms with van der Waals surface area (Å²) in [6.07, 6.45) is 2.68. The number of halogens is 2. The number of benzene rings is 2. The van der Waals surface area contributed by atoms with Crippen molar-refractivity contribution >= 4 is 23.2 Å². The van der Waals surface area contributed by atoms with Crippen LogP contribution in [0.4, 0.5) is 20.2 Å². The molecule has 3 rings (SSSR count). The Morgan fingerprint density at radius 2 is 1.96 bits per heavy atom. The fourth-order valence-corrected chi connectivity index (χ4v) is 2.91. The Balaban J connectivity index is 1.87. The van der Waals surface area contributed by atoms with Crippen molar-refractivity contribution < 1.29 is 23.5 Å². The molecule has 0 saturated heterocycles. The molecule has 0 atom stereocenters. The summed E-state index contributed by atoms with van der Waals surface area (Å²) in [7, 11) is 0. The second-order valence-corrected chi connectivity index (χ2v) is 5.88. The predicted molar refractivity (Wildman–Crippen MR) is 93.3 cm³/mol. The lowest BCUT2D eigenvalue weighted by molar-refractivity contribution is -0.114. The highest BCUT2D eigenvalue weighted by Crippen LogP contribution is 2.29. The number of amides is 2. The highest BCUT2D eigenvalue weighted by Gasteiger charge is 2.22. The highest BCUT2D eigenvalue weighted by atomic mass is 19.1. The van der Waals surface area contributed by atoms with Gasteiger partial charge in [-0.3, -0.25) is 9.59 Å². The molecule has 0 aromatic heterocycles. The van der Waals surface area contributed by atoms with Gasteiger partial charge in [0.05, 0.1) is 5.69 Å². The predicted octanol–water partition coefficient (Wildman–Crippen LogP) is 3.39. The van der Waals surface area contributed by atoms with Crippen LogP contribution in [0.25, 0.3) is 0 Å². The molecule has 7 heteroatoms. The fourth-order valence-electron chi connectivity index (χ4n) is 2.91. The lowest BCUT2D eigenvalue weighted by atomic mass is 9.98. The highest BCUT2D eigenvalue weighted by molar-refractivity contribution is 6.06. The molecule has 0 radical (unpaired) electrons. The zero-order valence-electron chi connectivity index (χ0n) is 13.8. The number of nitrogens with zero attached hydrogens (tertiary/aromatic N) is 1. The number of phenolic OH excluding ortho intramolecular Hbond substituents is 1. The van der Waals surface area contributed by atoms with Gasteiger partial charge in [0.15, 0.2) is 11.6 Å². The molecule has 2 aromatic carbocycles. The smallest absolute Gasteiger partial charge is 0.255 e. The van der Waals surface area contributed by atoms with E-state index in [2.05, 4.69) is 11.9 Å². The molecule has 2 N–H and O–H groups in total. The number of carbonyl (C=O) groups is 2. The molecular weight excluding hydrogens is 342 g/mol. The molecule has 2 aromatic rings. The number of phenols is 1. The van der Waals surface area contributed by atoms with Crippen molar-refractivity contribution in [3.05, 3.63) is 65.7 Å². The average Bonchev–Trinajstić information content (AvgIpc) is 2.64. The topological polar surface area (TPSA) is 69.6 Å². The van der Waals surface area contributed by atoms with Crippen LogP contribution in [0.1, 0.15) is 22.3 Å². The first-order chi connectivity index (χ1) is 12.4. The van der Waals surface area contributed by atoms with E-state index in [0.717, 1.165) is 18.1 Å². The van der Waals surface area contributed by atoms with Crippen molar-refractivity contribution in [1.29, 1.82) is 0 Å². The minimum Gasteiger partial charge on any atom is -0.505 e. The van der Waals surface area contributed by atoms with Crippen LogP contribution in [-0.4, -0.2) is 23.5 Å². The van der Waals surface area contributed by atoms with Crippen LogP contribution in [0.3, 0.4) is 0 Å². The van der Waals surface area contributed by atoms with Crippen LogP contribution in [0, 0.1) is 11.6 Å². The molecule has 5 nitrogen and oxygen atoms in total. The Morgan fingerprint density at radius 1 is 1.19 bits per heavy atom. The number of anilines is 2. The maximum absolute atomic E-state index is 13.7. The van der Waals surface area contributed by atoms with E-state index in [1.54, 1.807) is 17.0 Å². The number of aryl methyl sites for hydroxylation is 1. The van der Waals surface area contributed by atoms with E-state index in [1.807, 2.05) is 0 Å². The fraction of sp³-hybridized carbons (Fsp3) is 0.158. The minimum absolute atomic E-state index is 0.216. The quantitative estimate of drug-likeness (QED) is 0.827. The average molecular weight is 358 g/mol. The lowest BCUT2D eigenvalue weighted by Crippen LogP contribution is -2.34. The summed E-state index contributed by atoms with van der Waals surface area (Å²) in [5, 5.41) is 11.6. The summed E-state index contributed by atoms with van der Waals surface area (Å²) in [4.78, 5) is 25.9. The Morgan fingerprint density at radius 3 is 2.69 bits per heavy atom. The van der Waals surface area contributed by atoms with E-state index in [4.69, 9.17) is 0 Å². The summed E-state index contributed by atoms with van der Waals surface area (Å²) >= 11 is 0. The van der Waals surface area contributed by atoms with Gasteiger partial charge in [0.25, 0.3) is 5.91 Å². The third-order valence-corrected chi connectivity index (χ3v) is 4.19. The van der Waals surface area contributed by atoms with Gasteiger partial charge in [-0.05, 0) is 42.7 Å². The van der Waals surface area contributed by atoms with E-state index in [0.29, 0.717) is 24.7 Å². The monoisotopic (exact) mass is 358 g/mol. The summed E-state index contributed by atoms with van der Waals surface area (Å²) < 4.78 is 26.8. The summed E-state index contributed by atoms with van der Waals surface area (Å²) in [6, 6.07) is 6.12. The van der Waals surface area contributed by atoms with Gasteiger partial charge in [0, 0.05) is 29.9 Å². The number of fused-ring (bicyclic) bond motifs is 1. The SMILES string of the molecule is C=CC(=O)N1CCCc2cc(C(=O)Nc3cc(O)c(F)cc3F)ccc21. The summed E-state index contributed by atoms with van der Waals surface area (Å²) in [6.45, 7) is 4.06. The Hall–Kier alpha value is -3.22. The van der Waals surface area contributed by atoms with E-state index < -0.39 is 23.3 Å². The third kappa shape index (κ3) is 3.28. The number of nitrogens with one attached hydrogen (secondary N) is 1. The van der Waals surface area contributed by atoms with Crippen molar-refractivity contribution in [2.45, 2.75) is 12.8 Å². The molecule has 0 aliphatic carbocycles. The first-order valence-electron chi connectivity index (χ1n) is 7.97. The second kappa shape index (κ2) is 6.95. The van der Waals surface area contributed by atoms with Crippen LogP contribution < -0.4 is 10.2 Å².